The van der Waals surface area contributed by atoms with E-state index in [-0.39, 0.29) is 23.4 Å². The van der Waals surface area contributed by atoms with Crippen LogP contribution in [0.1, 0.15) is 44.3 Å². The third kappa shape index (κ3) is 3.61. The van der Waals surface area contributed by atoms with Gasteiger partial charge in [0, 0.05) is 30.8 Å². The molecule has 1 aromatic rings. The molecule has 5 rings (SSSR count). The molecule has 0 bridgehead atoms. The van der Waals surface area contributed by atoms with Gasteiger partial charge in [-0.1, -0.05) is 23.8 Å². The first-order valence-corrected chi connectivity index (χ1v) is 11.8. The summed E-state index contributed by atoms with van der Waals surface area (Å²) in [6, 6.07) is 4.40. The number of hydrogen-bond acceptors (Lipinski definition) is 8. The lowest BCUT2D eigenvalue weighted by Crippen LogP contribution is -2.36. The van der Waals surface area contributed by atoms with E-state index in [1.807, 2.05) is 35.4 Å². The summed E-state index contributed by atoms with van der Waals surface area (Å²) in [6.07, 6.45) is 14.5. The number of halogens is 1. The van der Waals surface area contributed by atoms with Crippen molar-refractivity contribution in [3.8, 4) is 12.1 Å². The Morgan fingerprint density at radius 2 is 2.18 bits per heavy atom. The van der Waals surface area contributed by atoms with E-state index in [0.29, 0.717) is 6.42 Å². The normalized spacial score (nSPS) is 34.6. The molecule has 6 unspecified atom stereocenters. The second-order valence-corrected chi connectivity index (χ2v) is 10.0. The van der Waals surface area contributed by atoms with Crippen LogP contribution in [0.4, 0.5) is 0 Å². The molecule has 4 aliphatic heterocycles. The van der Waals surface area contributed by atoms with Gasteiger partial charge < -0.3 is 10.2 Å². The zero-order valence-corrected chi connectivity index (χ0v) is 19.9. The minimum atomic E-state index is -0.800. The lowest BCUT2D eigenvalue weighted by molar-refractivity contribution is 0.315. The highest BCUT2D eigenvalue weighted by Crippen LogP contribution is 2.43. The van der Waals surface area contributed by atoms with Crippen molar-refractivity contribution in [2.75, 3.05) is 13.1 Å². The highest BCUT2D eigenvalue weighted by Gasteiger charge is 2.43. The van der Waals surface area contributed by atoms with Crippen LogP contribution in [0.25, 0.3) is 0 Å². The Labute approximate surface area is 203 Å². The number of alkyl halides is 1. The molecular weight excluding hydrogens is 450 g/mol. The molecule has 4 aliphatic rings. The van der Waals surface area contributed by atoms with Crippen molar-refractivity contribution in [3.05, 3.63) is 42.4 Å². The van der Waals surface area contributed by atoms with Crippen molar-refractivity contribution in [2.24, 2.45) is 31.7 Å². The molecule has 0 saturated carbocycles. The van der Waals surface area contributed by atoms with E-state index < -0.39 is 10.9 Å². The smallest absolute Gasteiger partial charge is 0.147 e. The van der Waals surface area contributed by atoms with Crippen LogP contribution in [0, 0.1) is 39.4 Å². The molecule has 1 aromatic heterocycles. The lowest BCUT2D eigenvalue weighted by Gasteiger charge is -2.31. The van der Waals surface area contributed by atoms with E-state index in [1.54, 1.807) is 13.3 Å². The first-order valence-electron chi connectivity index (χ1n) is 11.4. The highest BCUT2D eigenvalue weighted by atomic mass is 35.5. The molecule has 10 heteroatoms. The number of likely N-dealkylation sites (tertiary alicyclic amines) is 1. The van der Waals surface area contributed by atoms with E-state index in [1.165, 1.54) is 0 Å². The van der Waals surface area contributed by atoms with Gasteiger partial charge in [-0.15, -0.1) is 0 Å². The molecule has 0 aromatic carbocycles. The minimum absolute atomic E-state index is 0.0566. The average molecular weight is 476 g/mol. The Hall–Kier alpha value is -3.43. The minimum Gasteiger partial charge on any atom is -0.357 e. The molecule has 6 atom stereocenters. The molecule has 0 spiro atoms. The molecule has 0 radical (unpaired) electrons. The zero-order valence-electron chi connectivity index (χ0n) is 19.1. The fourth-order valence-corrected chi connectivity index (χ4v) is 5.34. The summed E-state index contributed by atoms with van der Waals surface area (Å²) >= 11 is 6.39. The number of fused-ring (bicyclic) bond motifs is 1. The standard InChI is InChI=1S/C24H26ClN9/c1-23(14-27)6-3-19(32-21(23)25)33-10-5-16(12-33)18(4-8-26)34-13-17(11-31-34)20-24(2)7-9-28-22(24)30-15-29-20/h3,6-7,9,11,13,15-16,18,20-21H,4-5,10,12H2,1-2H3,(H,28,29,30). The van der Waals surface area contributed by atoms with Gasteiger partial charge in [0.1, 0.15) is 28.9 Å². The first kappa shape index (κ1) is 22.4. The Kier molecular flexibility index (Phi) is 5.53. The largest absolute Gasteiger partial charge is 0.357 e. The van der Waals surface area contributed by atoms with Crippen molar-refractivity contribution < 1.29 is 0 Å². The zero-order chi connectivity index (χ0) is 23.9. The van der Waals surface area contributed by atoms with Crippen molar-refractivity contribution >= 4 is 29.6 Å². The summed E-state index contributed by atoms with van der Waals surface area (Å²) in [4.78, 5) is 15.8. The monoisotopic (exact) mass is 475 g/mol. The quantitative estimate of drug-likeness (QED) is 0.529. The number of aromatic nitrogens is 2. The van der Waals surface area contributed by atoms with Gasteiger partial charge in [0.25, 0.3) is 0 Å². The van der Waals surface area contributed by atoms with Crippen LogP contribution >= 0.6 is 11.6 Å². The number of dihydropyridines is 1. The predicted octanol–water partition coefficient (Wildman–Crippen LogP) is 3.33. The Bertz CT molecular complexity index is 1210. The van der Waals surface area contributed by atoms with Crippen LogP contribution < -0.4 is 5.32 Å². The van der Waals surface area contributed by atoms with Crippen molar-refractivity contribution in [1.29, 1.82) is 10.5 Å². The number of aliphatic imine (C=N–C) groups is 3. The summed E-state index contributed by atoms with van der Waals surface area (Å²) in [6.45, 7) is 5.47. The number of amidine groups is 2. The van der Waals surface area contributed by atoms with E-state index in [9.17, 15) is 10.5 Å². The van der Waals surface area contributed by atoms with Crippen LogP contribution in [-0.2, 0) is 0 Å². The van der Waals surface area contributed by atoms with Gasteiger partial charge in [-0.25, -0.2) is 9.98 Å². The van der Waals surface area contributed by atoms with Crippen molar-refractivity contribution in [3.63, 3.8) is 0 Å². The summed E-state index contributed by atoms with van der Waals surface area (Å²) < 4.78 is 1.93. The first-order chi connectivity index (χ1) is 16.4. The summed E-state index contributed by atoms with van der Waals surface area (Å²) in [5.41, 5.74) is -0.757. The van der Waals surface area contributed by atoms with E-state index in [4.69, 9.17) is 11.6 Å². The summed E-state index contributed by atoms with van der Waals surface area (Å²) in [7, 11) is 0. The lowest BCUT2D eigenvalue weighted by atomic mass is 9.79. The fraction of sp³-hybridized carbons (Fsp3) is 0.500. The van der Waals surface area contributed by atoms with Crippen LogP contribution in [-0.4, -0.2) is 51.3 Å². The number of rotatable bonds is 4. The number of hydrogen-bond donors (Lipinski definition) is 1. The summed E-state index contributed by atoms with van der Waals surface area (Å²) in [5.74, 6) is 1.91. The third-order valence-corrected chi connectivity index (χ3v) is 7.91. The van der Waals surface area contributed by atoms with Crippen LogP contribution in [0.5, 0.6) is 0 Å². The Morgan fingerprint density at radius 3 is 2.94 bits per heavy atom. The number of nitrogens with one attached hydrogen (secondary N) is 1. The molecule has 0 amide bonds. The topological polar surface area (TPSA) is 118 Å². The second-order valence-electron chi connectivity index (χ2n) is 9.63. The molecular formula is C24H26ClN9. The highest BCUT2D eigenvalue weighted by molar-refractivity contribution is 6.22. The molecule has 5 heterocycles. The maximum absolute atomic E-state index is 9.57. The van der Waals surface area contributed by atoms with E-state index in [0.717, 1.165) is 36.7 Å². The average Bonchev–Trinajstić information content (AvgIpc) is 3.58. The van der Waals surface area contributed by atoms with Gasteiger partial charge in [-0.05, 0) is 32.5 Å². The van der Waals surface area contributed by atoms with Crippen LogP contribution in [0.15, 0.2) is 51.8 Å². The van der Waals surface area contributed by atoms with Crippen LogP contribution in [0.3, 0.4) is 0 Å². The predicted molar refractivity (Wildman–Crippen MR) is 130 cm³/mol. The van der Waals surface area contributed by atoms with Crippen molar-refractivity contribution in [1.82, 2.24) is 20.0 Å². The van der Waals surface area contributed by atoms with Crippen LogP contribution in [0.2, 0.25) is 0 Å². The third-order valence-electron chi connectivity index (χ3n) is 7.36. The molecule has 34 heavy (non-hydrogen) atoms. The molecule has 1 saturated heterocycles. The van der Waals surface area contributed by atoms with Gasteiger partial charge in [0.05, 0.1) is 42.3 Å². The summed E-state index contributed by atoms with van der Waals surface area (Å²) in [5, 5.41) is 26.8. The van der Waals surface area contributed by atoms with Gasteiger partial charge in [-0.3, -0.25) is 9.67 Å². The fourth-order valence-electron chi connectivity index (χ4n) is 5.12. The second kappa shape index (κ2) is 8.41. The molecule has 9 nitrogen and oxygen atoms in total. The van der Waals surface area contributed by atoms with Gasteiger partial charge in [-0.2, -0.15) is 15.6 Å². The van der Waals surface area contributed by atoms with Gasteiger partial charge in [0.15, 0.2) is 0 Å². The van der Waals surface area contributed by atoms with Gasteiger partial charge in [0.2, 0.25) is 0 Å². The molecule has 174 valence electrons. The maximum atomic E-state index is 9.57. The van der Waals surface area contributed by atoms with E-state index in [2.05, 4.69) is 55.4 Å². The Morgan fingerprint density at radius 1 is 1.32 bits per heavy atom. The van der Waals surface area contributed by atoms with E-state index >= 15 is 0 Å². The number of nitrogens with zero attached hydrogens (tertiary/aromatic N) is 8. The molecule has 0 aliphatic carbocycles. The Balaban J connectivity index is 1.33. The molecule has 1 N–H and O–H groups in total. The van der Waals surface area contributed by atoms with Crippen molar-refractivity contribution in [2.45, 2.75) is 44.3 Å². The maximum Gasteiger partial charge on any atom is 0.147 e. The van der Waals surface area contributed by atoms with Gasteiger partial charge >= 0.3 is 0 Å². The SMILES string of the molecule is CC1(C#N)C=CC(N2CCC(C(CC#N)n3cc(C4N=CN=C5NC=CC54C)cn3)C2)=NC1Cl. The molecule has 1 fully saturated rings. The number of nitriles is 2.